The van der Waals surface area contributed by atoms with E-state index >= 15 is 0 Å². The molecule has 3 aromatic rings. The quantitative estimate of drug-likeness (QED) is 0.623. The first-order valence-electron chi connectivity index (χ1n) is 10.4. The molecule has 0 aromatic heterocycles. The summed E-state index contributed by atoms with van der Waals surface area (Å²) in [5.41, 5.74) is 5.31. The highest BCUT2D eigenvalue weighted by molar-refractivity contribution is 7.79. The zero-order chi connectivity index (χ0) is 20.0. The molecular formula is C28H22NP. The van der Waals surface area contributed by atoms with Crippen LogP contribution in [0.2, 0.25) is 0 Å². The summed E-state index contributed by atoms with van der Waals surface area (Å²) in [6, 6.07) is 29.0. The molecule has 0 fully saturated rings. The Morgan fingerprint density at radius 3 is 2.23 bits per heavy atom. The van der Waals surface area contributed by atoms with Crippen molar-refractivity contribution in [3.8, 4) is 0 Å². The number of nitrogens with one attached hydrogen (secondary N) is 1. The van der Waals surface area contributed by atoms with Crippen molar-refractivity contribution < 1.29 is 0 Å². The van der Waals surface area contributed by atoms with Gasteiger partial charge in [-0.15, -0.1) is 0 Å². The molecule has 0 amide bonds. The standard InChI is InChI=1S/C28H22NP/c1-3-10-24(11-4-1)30(25-12-5-2-6-13-25)26-15-14-21-19-28-16-8-7-9-23(28)17-22(20-29-28)27(21)18-26/h1-18,20,29H,19H2. The molecule has 0 saturated carbocycles. The van der Waals surface area contributed by atoms with Crippen LogP contribution in [0.15, 0.2) is 121 Å². The maximum atomic E-state index is 3.69. The topological polar surface area (TPSA) is 12.0 Å². The van der Waals surface area contributed by atoms with Crippen LogP contribution in [0.4, 0.5) is 0 Å². The van der Waals surface area contributed by atoms with Gasteiger partial charge in [0.2, 0.25) is 0 Å². The van der Waals surface area contributed by atoms with Crippen LogP contribution < -0.4 is 21.2 Å². The van der Waals surface area contributed by atoms with Gasteiger partial charge < -0.3 is 5.32 Å². The molecule has 4 aliphatic rings. The zero-order valence-electron chi connectivity index (χ0n) is 16.6. The normalized spacial score (nSPS) is 20.7. The fourth-order valence-electron chi connectivity index (χ4n) is 4.74. The van der Waals surface area contributed by atoms with Crippen molar-refractivity contribution in [2.45, 2.75) is 12.0 Å². The van der Waals surface area contributed by atoms with Gasteiger partial charge in [-0.25, -0.2) is 0 Å². The summed E-state index contributed by atoms with van der Waals surface area (Å²) in [6.07, 6.45) is 14.4. The summed E-state index contributed by atoms with van der Waals surface area (Å²) in [7, 11) is -0.595. The molecule has 2 aliphatic carbocycles. The first-order valence-corrected chi connectivity index (χ1v) is 11.8. The van der Waals surface area contributed by atoms with Crippen LogP contribution in [0.1, 0.15) is 11.1 Å². The van der Waals surface area contributed by atoms with E-state index in [1.807, 2.05) is 0 Å². The van der Waals surface area contributed by atoms with E-state index in [9.17, 15) is 0 Å². The van der Waals surface area contributed by atoms with Crippen molar-refractivity contribution in [1.29, 1.82) is 0 Å². The molecule has 2 heteroatoms. The van der Waals surface area contributed by atoms with Gasteiger partial charge in [0.25, 0.3) is 0 Å². The fraction of sp³-hybridized carbons (Fsp3) is 0.0714. The van der Waals surface area contributed by atoms with Crippen molar-refractivity contribution >= 4 is 29.4 Å². The number of hydrogen-bond donors (Lipinski definition) is 1. The predicted octanol–water partition coefficient (Wildman–Crippen LogP) is 4.74. The smallest absolute Gasteiger partial charge is 0.0849 e. The number of allylic oxidation sites excluding steroid dienone is 4. The maximum Gasteiger partial charge on any atom is 0.0849 e. The summed E-state index contributed by atoms with van der Waals surface area (Å²) in [6.45, 7) is 0. The van der Waals surface area contributed by atoms with Gasteiger partial charge >= 0.3 is 0 Å². The van der Waals surface area contributed by atoms with E-state index in [0.29, 0.717) is 0 Å². The molecule has 1 N–H and O–H groups in total. The number of hydrogen-bond acceptors (Lipinski definition) is 1. The maximum absolute atomic E-state index is 3.69. The van der Waals surface area contributed by atoms with E-state index in [1.54, 1.807) is 0 Å². The predicted molar refractivity (Wildman–Crippen MR) is 129 cm³/mol. The Labute approximate surface area is 178 Å². The van der Waals surface area contributed by atoms with E-state index in [4.69, 9.17) is 0 Å². The largest absolute Gasteiger partial charge is 0.377 e. The zero-order valence-corrected chi connectivity index (χ0v) is 17.5. The van der Waals surface area contributed by atoms with E-state index in [2.05, 4.69) is 121 Å². The van der Waals surface area contributed by atoms with Crippen LogP contribution in [-0.2, 0) is 6.42 Å². The van der Waals surface area contributed by atoms with Crippen molar-refractivity contribution in [2.75, 3.05) is 0 Å². The molecule has 0 radical (unpaired) electrons. The van der Waals surface area contributed by atoms with Crippen LogP contribution in [0.5, 0.6) is 0 Å². The summed E-state index contributed by atoms with van der Waals surface area (Å²) < 4.78 is 0. The van der Waals surface area contributed by atoms with E-state index < -0.39 is 7.92 Å². The van der Waals surface area contributed by atoms with Gasteiger partial charge in [0.05, 0.1) is 5.54 Å². The third-order valence-corrected chi connectivity index (χ3v) is 8.66. The average molecular weight is 403 g/mol. The monoisotopic (exact) mass is 403 g/mol. The molecule has 2 bridgehead atoms. The van der Waals surface area contributed by atoms with Gasteiger partial charge in [0.1, 0.15) is 0 Å². The summed E-state index contributed by atoms with van der Waals surface area (Å²) >= 11 is 0. The number of dihydropyridines is 1. The lowest BCUT2D eigenvalue weighted by Crippen LogP contribution is -2.45. The Hall–Kier alpha value is -3.15. The van der Waals surface area contributed by atoms with Gasteiger partial charge in [-0.2, -0.15) is 0 Å². The minimum absolute atomic E-state index is 0.103. The Morgan fingerprint density at radius 1 is 0.767 bits per heavy atom. The van der Waals surface area contributed by atoms with Gasteiger partial charge in [-0.05, 0) is 58.3 Å². The number of fused-ring (bicyclic) bond motifs is 1. The highest BCUT2D eigenvalue weighted by Gasteiger charge is 2.37. The molecule has 0 saturated heterocycles. The van der Waals surface area contributed by atoms with Crippen LogP contribution in [0.25, 0.3) is 5.57 Å². The van der Waals surface area contributed by atoms with E-state index in [1.165, 1.54) is 38.2 Å². The second-order valence-corrected chi connectivity index (χ2v) is 10.3. The Kier molecular flexibility index (Phi) is 4.11. The van der Waals surface area contributed by atoms with Crippen molar-refractivity contribution in [2.24, 2.45) is 0 Å². The van der Waals surface area contributed by atoms with Gasteiger partial charge in [0.15, 0.2) is 0 Å². The van der Waals surface area contributed by atoms with Gasteiger partial charge in [-0.1, -0.05) is 97.1 Å². The van der Waals surface area contributed by atoms with Crippen LogP contribution in [0, 0.1) is 0 Å². The molecule has 1 atom stereocenters. The Morgan fingerprint density at radius 2 is 1.50 bits per heavy atom. The molecule has 1 spiro atoms. The Balaban J connectivity index is 1.51. The van der Waals surface area contributed by atoms with E-state index in [-0.39, 0.29) is 5.54 Å². The molecule has 144 valence electrons. The van der Waals surface area contributed by atoms with Gasteiger partial charge in [-0.3, -0.25) is 0 Å². The summed E-state index contributed by atoms with van der Waals surface area (Å²) in [5.74, 6) is 0. The first kappa shape index (κ1) is 17.7. The lowest BCUT2D eigenvalue weighted by atomic mass is 9.81. The third kappa shape index (κ3) is 2.82. The lowest BCUT2D eigenvalue weighted by Gasteiger charge is -2.35. The molecular weight excluding hydrogens is 381 g/mol. The molecule has 3 aromatic carbocycles. The van der Waals surface area contributed by atoms with Gasteiger partial charge in [0, 0.05) is 12.6 Å². The van der Waals surface area contributed by atoms with E-state index in [0.717, 1.165) is 6.42 Å². The summed E-state index contributed by atoms with van der Waals surface area (Å²) in [4.78, 5) is 0. The first-order chi connectivity index (χ1) is 14.8. The second kappa shape index (κ2) is 6.97. The van der Waals surface area contributed by atoms with Crippen LogP contribution in [0.3, 0.4) is 0 Å². The minimum Gasteiger partial charge on any atom is -0.377 e. The molecule has 30 heavy (non-hydrogen) atoms. The minimum atomic E-state index is -0.595. The Bertz CT molecular complexity index is 1190. The van der Waals surface area contributed by atoms with Crippen molar-refractivity contribution in [1.82, 2.24) is 5.32 Å². The average Bonchev–Trinajstić information content (AvgIpc) is 3.04. The number of benzene rings is 3. The molecule has 2 heterocycles. The molecule has 7 rings (SSSR count). The number of rotatable bonds is 3. The molecule has 2 aliphatic heterocycles. The molecule has 1 unspecified atom stereocenters. The lowest BCUT2D eigenvalue weighted by molar-refractivity contribution is 0.534. The van der Waals surface area contributed by atoms with Crippen LogP contribution in [-0.4, -0.2) is 5.54 Å². The SMILES string of the molecule is C1=CC2=CC3=CNC2(C=C1)Cc1ccc(P(c2ccccc2)c2ccccc2)cc13. The summed E-state index contributed by atoms with van der Waals surface area (Å²) in [5, 5.41) is 7.87. The highest BCUT2D eigenvalue weighted by atomic mass is 31.1. The fourth-order valence-corrected chi connectivity index (χ4v) is 7.06. The second-order valence-electron chi connectivity index (χ2n) is 8.06. The van der Waals surface area contributed by atoms with Crippen molar-refractivity contribution in [3.05, 3.63) is 132 Å². The van der Waals surface area contributed by atoms with Crippen molar-refractivity contribution in [3.63, 3.8) is 0 Å². The molecule has 1 nitrogen and oxygen atoms in total. The third-order valence-electron chi connectivity index (χ3n) is 6.24. The highest BCUT2D eigenvalue weighted by Crippen LogP contribution is 2.41. The van der Waals surface area contributed by atoms with Crippen LogP contribution >= 0.6 is 7.92 Å².